The first kappa shape index (κ1) is 23.0. The Bertz CT molecular complexity index is 1270. The number of carbonyl (C=O) groups is 1. The number of rotatable bonds is 9. The van der Waals surface area contributed by atoms with Crippen LogP contribution in [0.25, 0.3) is 5.57 Å². The normalized spacial score (nSPS) is 16.5. The maximum Gasteiger partial charge on any atom is 0.310 e. The highest BCUT2D eigenvalue weighted by molar-refractivity contribution is 5.84. The lowest BCUT2D eigenvalue weighted by Crippen LogP contribution is -2.17. The van der Waals surface area contributed by atoms with Gasteiger partial charge in [0.05, 0.1) is 12.5 Å². The third-order valence-electron chi connectivity index (χ3n) is 6.60. The first-order valence-corrected chi connectivity index (χ1v) is 12.3. The van der Waals surface area contributed by atoms with Gasteiger partial charge in [-0.2, -0.15) is 0 Å². The molecule has 180 valence electrons. The summed E-state index contributed by atoms with van der Waals surface area (Å²) >= 11 is 0. The maximum atomic E-state index is 11.4. The molecule has 5 heteroatoms. The molecule has 5 rings (SSSR count). The number of carboxylic acids is 1. The summed E-state index contributed by atoms with van der Waals surface area (Å²) in [6, 6.07) is 17.9. The highest BCUT2D eigenvalue weighted by atomic mass is 16.5. The van der Waals surface area contributed by atoms with Gasteiger partial charge in [-0.05, 0) is 66.8 Å². The van der Waals surface area contributed by atoms with Gasteiger partial charge in [0.25, 0.3) is 0 Å². The number of fused-ring (bicyclic) bond motifs is 2. The highest BCUT2D eigenvalue weighted by Gasteiger charge is 2.28. The Labute approximate surface area is 205 Å². The molecular weight excluding hydrogens is 440 g/mol. The van der Waals surface area contributed by atoms with E-state index in [1.165, 1.54) is 5.57 Å². The molecule has 2 aromatic carbocycles. The van der Waals surface area contributed by atoms with Crippen LogP contribution in [0.2, 0.25) is 0 Å². The molecule has 1 unspecified atom stereocenters. The van der Waals surface area contributed by atoms with Gasteiger partial charge in [0, 0.05) is 18.4 Å². The highest BCUT2D eigenvalue weighted by Crippen LogP contribution is 2.40. The van der Waals surface area contributed by atoms with Crippen LogP contribution < -0.4 is 9.47 Å². The van der Waals surface area contributed by atoms with Crippen molar-refractivity contribution in [2.24, 2.45) is 5.92 Å². The van der Waals surface area contributed by atoms with Crippen LogP contribution in [0.4, 0.5) is 0 Å². The monoisotopic (exact) mass is 470 g/mol. The summed E-state index contributed by atoms with van der Waals surface area (Å²) in [5.41, 5.74) is 4.60. The topological polar surface area (TPSA) is 68.9 Å². The second kappa shape index (κ2) is 10.3. The zero-order valence-corrected chi connectivity index (χ0v) is 20.0. The lowest BCUT2D eigenvalue weighted by atomic mass is 9.81. The molecule has 0 radical (unpaired) electrons. The van der Waals surface area contributed by atoms with E-state index in [9.17, 15) is 9.90 Å². The molecule has 5 nitrogen and oxygen atoms in total. The lowest BCUT2D eigenvalue weighted by Gasteiger charge is -2.23. The van der Waals surface area contributed by atoms with Crippen molar-refractivity contribution in [2.45, 2.75) is 45.4 Å². The van der Waals surface area contributed by atoms with Crippen molar-refractivity contribution in [3.63, 3.8) is 0 Å². The maximum absolute atomic E-state index is 11.4. The molecule has 0 amide bonds. The van der Waals surface area contributed by atoms with Gasteiger partial charge in [0.15, 0.2) is 0 Å². The van der Waals surface area contributed by atoms with Gasteiger partial charge < -0.3 is 19.0 Å². The van der Waals surface area contributed by atoms with Crippen LogP contribution in [0.3, 0.4) is 0 Å². The summed E-state index contributed by atoms with van der Waals surface area (Å²) < 4.78 is 18.3. The SMILES string of the molecule is CCCc1cc(Oc2ccccc2)ccc1OCCc1cc2c(o1)CCC1=C2C=CC(C(=O)O)C1. The predicted molar refractivity (Wildman–Crippen MR) is 135 cm³/mol. The number of hydrogen-bond donors (Lipinski definition) is 1. The Morgan fingerprint density at radius 1 is 1.06 bits per heavy atom. The van der Waals surface area contributed by atoms with E-state index in [1.54, 1.807) is 6.08 Å². The molecule has 2 aliphatic carbocycles. The smallest absolute Gasteiger partial charge is 0.310 e. The first-order valence-electron chi connectivity index (χ1n) is 12.3. The summed E-state index contributed by atoms with van der Waals surface area (Å²) in [6.45, 7) is 2.67. The molecule has 0 fully saturated rings. The van der Waals surface area contributed by atoms with Crippen molar-refractivity contribution < 1.29 is 23.8 Å². The van der Waals surface area contributed by atoms with Gasteiger partial charge in [0.1, 0.15) is 28.8 Å². The van der Waals surface area contributed by atoms with E-state index in [0.29, 0.717) is 19.4 Å². The van der Waals surface area contributed by atoms with Crippen LogP contribution in [-0.4, -0.2) is 17.7 Å². The van der Waals surface area contributed by atoms with Crippen LogP contribution >= 0.6 is 0 Å². The second-order valence-corrected chi connectivity index (χ2v) is 9.11. The largest absolute Gasteiger partial charge is 0.493 e. The number of hydrogen-bond acceptors (Lipinski definition) is 4. The van der Waals surface area contributed by atoms with E-state index >= 15 is 0 Å². The van der Waals surface area contributed by atoms with Crippen molar-refractivity contribution in [1.29, 1.82) is 0 Å². The molecule has 2 aliphatic rings. The Balaban J connectivity index is 1.24. The molecule has 3 aromatic rings. The average Bonchev–Trinajstić information content (AvgIpc) is 3.29. The fourth-order valence-corrected chi connectivity index (χ4v) is 4.86. The minimum atomic E-state index is -0.759. The molecule has 1 atom stereocenters. The van der Waals surface area contributed by atoms with E-state index in [2.05, 4.69) is 19.1 Å². The zero-order valence-electron chi connectivity index (χ0n) is 20.0. The molecular formula is C30H30O5. The molecule has 1 N–H and O–H groups in total. The Hall–Kier alpha value is -3.73. The number of para-hydroxylation sites is 1. The fraction of sp³-hybridized carbons (Fsp3) is 0.300. The number of benzene rings is 2. The predicted octanol–water partition coefficient (Wildman–Crippen LogP) is 7.01. The lowest BCUT2D eigenvalue weighted by molar-refractivity contribution is -0.140. The Morgan fingerprint density at radius 2 is 1.91 bits per heavy atom. The fourth-order valence-electron chi connectivity index (χ4n) is 4.86. The van der Waals surface area contributed by atoms with Crippen molar-refractivity contribution >= 4 is 11.5 Å². The Morgan fingerprint density at radius 3 is 2.71 bits per heavy atom. The van der Waals surface area contributed by atoms with Gasteiger partial charge in [-0.1, -0.05) is 49.3 Å². The van der Waals surface area contributed by atoms with E-state index < -0.39 is 11.9 Å². The standard InChI is InChI=1S/C30H30O5/c1-2-6-21-18-24(34-23-7-4-3-5-8-23)11-14-28(21)33-16-15-25-19-27-26-12-9-22(30(31)32)17-20(26)10-13-29(27)35-25/h3-5,7-9,11-12,14,18-19,22H,2,6,10,13,15-17H2,1H3,(H,31,32). The molecule has 0 spiro atoms. The number of aryl methyl sites for hydroxylation is 2. The van der Waals surface area contributed by atoms with Crippen LogP contribution in [-0.2, 0) is 24.1 Å². The van der Waals surface area contributed by atoms with Crippen LogP contribution in [0.5, 0.6) is 17.2 Å². The first-order chi connectivity index (χ1) is 17.1. The summed E-state index contributed by atoms with van der Waals surface area (Å²) in [7, 11) is 0. The van der Waals surface area contributed by atoms with Crippen LogP contribution in [0.1, 0.15) is 48.8 Å². The van der Waals surface area contributed by atoms with E-state index in [0.717, 1.165) is 71.2 Å². The molecule has 0 aliphatic heterocycles. The quantitative estimate of drug-likeness (QED) is 0.364. The summed E-state index contributed by atoms with van der Waals surface area (Å²) in [5, 5.41) is 9.34. The molecule has 0 saturated carbocycles. The van der Waals surface area contributed by atoms with Crippen molar-refractivity contribution in [1.82, 2.24) is 0 Å². The minimum Gasteiger partial charge on any atom is -0.493 e. The van der Waals surface area contributed by atoms with E-state index in [4.69, 9.17) is 13.9 Å². The number of ether oxygens (including phenoxy) is 2. The van der Waals surface area contributed by atoms with Crippen LogP contribution in [0, 0.1) is 5.92 Å². The minimum absolute atomic E-state index is 0.420. The zero-order chi connectivity index (χ0) is 24.2. The summed E-state index contributed by atoms with van der Waals surface area (Å²) in [6.07, 6.45) is 8.63. The van der Waals surface area contributed by atoms with Gasteiger partial charge in [-0.25, -0.2) is 0 Å². The molecule has 35 heavy (non-hydrogen) atoms. The third-order valence-corrected chi connectivity index (χ3v) is 6.60. The number of carboxylic acid groups (broad SMARTS) is 1. The third kappa shape index (κ3) is 5.19. The molecule has 0 saturated heterocycles. The number of allylic oxidation sites excluding steroid dienone is 3. The van der Waals surface area contributed by atoms with Gasteiger partial charge in [-0.15, -0.1) is 0 Å². The summed E-state index contributed by atoms with van der Waals surface area (Å²) in [4.78, 5) is 11.4. The molecule has 0 bridgehead atoms. The molecule has 1 aromatic heterocycles. The molecule has 1 heterocycles. The van der Waals surface area contributed by atoms with Gasteiger partial charge >= 0.3 is 5.97 Å². The van der Waals surface area contributed by atoms with E-state index in [1.807, 2.05) is 48.5 Å². The van der Waals surface area contributed by atoms with Crippen molar-refractivity contribution in [3.8, 4) is 17.2 Å². The average molecular weight is 471 g/mol. The summed E-state index contributed by atoms with van der Waals surface area (Å²) in [5.74, 6) is 3.21. The Kier molecular flexibility index (Phi) is 6.75. The number of furan rings is 1. The second-order valence-electron chi connectivity index (χ2n) is 9.11. The van der Waals surface area contributed by atoms with Gasteiger partial charge in [-0.3, -0.25) is 4.79 Å². The van der Waals surface area contributed by atoms with E-state index in [-0.39, 0.29) is 0 Å². The van der Waals surface area contributed by atoms with Gasteiger partial charge in [0.2, 0.25) is 0 Å². The van der Waals surface area contributed by atoms with Crippen molar-refractivity contribution in [2.75, 3.05) is 6.61 Å². The van der Waals surface area contributed by atoms with Crippen LogP contribution in [0.15, 0.2) is 76.7 Å². The number of aliphatic carboxylic acids is 1. The van der Waals surface area contributed by atoms with Crippen molar-refractivity contribution in [3.05, 3.63) is 95.0 Å².